The first-order valence-corrected chi connectivity index (χ1v) is 10.5. The van der Waals surface area contributed by atoms with Gasteiger partial charge in [-0.05, 0) is 32.0 Å². The second-order valence-corrected chi connectivity index (χ2v) is 8.87. The summed E-state index contributed by atoms with van der Waals surface area (Å²) < 4.78 is 17.7. The Morgan fingerprint density at radius 2 is 1.93 bits per heavy atom. The Morgan fingerprint density at radius 1 is 1.10 bits per heavy atom. The average Bonchev–Trinajstić information content (AvgIpc) is 3.10. The zero-order valence-electron chi connectivity index (χ0n) is 17.3. The van der Waals surface area contributed by atoms with Crippen LogP contribution in [0.2, 0.25) is 0 Å². The van der Waals surface area contributed by atoms with Crippen LogP contribution in [0.5, 0.6) is 11.5 Å². The van der Waals surface area contributed by atoms with Gasteiger partial charge in [-0.25, -0.2) is 15.0 Å². The van der Waals surface area contributed by atoms with Crippen molar-refractivity contribution in [3.8, 4) is 11.5 Å². The Hall–Kier alpha value is -2.97. The third kappa shape index (κ3) is 3.22. The first-order chi connectivity index (χ1) is 14.5. The molecule has 0 radical (unpaired) electrons. The van der Waals surface area contributed by atoms with Gasteiger partial charge >= 0.3 is 0 Å². The zero-order chi connectivity index (χ0) is 20.9. The van der Waals surface area contributed by atoms with Crippen LogP contribution in [0.3, 0.4) is 0 Å². The van der Waals surface area contributed by atoms with Gasteiger partial charge in [-0.15, -0.1) is 11.3 Å². The van der Waals surface area contributed by atoms with Gasteiger partial charge in [0.25, 0.3) is 0 Å². The maximum atomic E-state index is 5.97. The lowest BCUT2D eigenvalue weighted by Crippen LogP contribution is -2.32. The third-order valence-corrected chi connectivity index (χ3v) is 6.37. The molecule has 0 unspecified atom stereocenters. The van der Waals surface area contributed by atoms with Crippen LogP contribution < -0.4 is 14.8 Å². The molecular formula is C22H22N4O3S. The third-order valence-electron chi connectivity index (χ3n) is 5.27. The molecule has 0 fully saturated rings. The minimum absolute atomic E-state index is 0.190. The molecule has 4 aromatic rings. The summed E-state index contributed by atoms with van der Waals surface area (Å²) in [6, 6.07) is 7.84. The molecule has 0 saturated heterocycles. The minimum atomic E-state index is -0.190. The summed E-state index contributed by atoms with van der Waals surface area (Å²) in [5.41, 5.74) is 3.80. The second kappa shape index (κ2) is 7.07. The van der Waals surface area contributed by atoms with Crippen molar-refractivity contribution in [2.24, 2.45) is 0 Å². The summed E-state index contributed by atoms with van der Waals surface area (Å²) in [6.45, 7) is 4.77. The Labute approximate surface area is 178 Å². The monoisotopic (exact) mass is 422 g/mol. The van der Waals surface area contributed by atoms with E-state index < -0.39 is 0 Å². The standard InChI is InChI=1S/C22H22N4O3S/c1-22(2)9-15-12(10-29-22)7-14-18-19(30-21(14)26-15)20(24-11-23-18)25-13-5-6-16(27-3)17(8-13)28-4/h5-8,11H,9-10H2,1-4H3,(H,23,24,25). The van der Waals surface area contributed by atoms with Crippen molar-refractivity contribution in [2.45, 2.75) is 32.5 Å². The van der Waals surface area contributed by atoms with Gasteiger partial charge < -0.3 is 19.5 Å². The fourth-order valence-corrected chi connectivity index (χ4v) is 4.80. The number of aromatic nitrogens is 3. The Balaban J connectivity index is 1.59. The molecule has 0 amide bonds. The maximum absolute atomic E-state index is 5.97. The predicted octanol–water partition coefficient (Wildman–Crippen LogP) is 4.85. The summed E-state index contributed by atoms with van der Waals surface area (Å²) in [7, 11) is 3.24. The van der Waals surface area contributed by atoms with E-state index in [9.17, 15) is 0 Å². The molecule has 0 spiro atoms. The molecule has 8 heteroatoms. The van der Waals surface area contributed by atoms with Crippen molar-refractivity contribution >= 4 is 43.3 Å². The summed E-state index contributed by atoms with van der Waals surface area (Å²) in [5.74, 6) is 2.07. The smallest absolute Gasteiger partial charge is 0.162 e. The van der Waals surface area contributed by atoms with Crippen molar-refractivity contribution in [3.05, 3.63) is 41.9 Å². The van der Waals surface area contributed by atoms with E-state index in [1.54, 1.807) is 31.9 Å². The van der Waals surface area contributed by atoms with Gasteiger partial charge in [0.1, 0.15) is 11.2 Å². The summed E-state index contributed by atoms with van der Waals surface area (Å²) in [6.07, 6.45) is 2.38. The number of ether oxygens (including phenoxy) is 3. The van der Waals surface area contributed by atoms with Gasteiger partial charge in [-0.3, -0.25) is 0 Å². The number of pyridine rings is 1. The van der Waals surface area contributed by atoms with Crippen LogP contribution in [0.1, 0.15) is 25.1 Å². The van der Waals surface area contributed by atoms with Crippen LogP contribution in [0, 0.1) is 0 Å². The van der Waals surface area contributed by atoms with Crippen LogP contribution in [-0.4, -0.2) is 34.8 Å². The highest BCUT2D eigenvalue weighted by atomic mass is 32.1. The number of hydrogen-bond donors (Lipinski definition) is 1. The van der Waals surface area contributed by atoms with Gasteiger partial charge in [-0.2, -0.15) is 0 Å². The van der Waals surface area contributed by atoms with Crippen molar-refractivity contribution in [3.63, 3.8) is 0 Å². The summed E-state index contributed by atoms with van der Waals surface area (Å²) in [5, 5.41) is 4.42. The number of nitrogens with one attached hydrogen (secondary N) is 1. The largest absolute Gasteiger partial charge is 0.493 e. The van der Waals surface area contributed by atoms with Gasteiger partial charge in [0.2, 0.25) is 0 Å². The molecule has 0 saturated carbocycles. The minimum Gasteiger partial charge on any atom is -0.493 e. The zero-order valence-corrected chi connectivity index (χ0v) is 18.1. The average molecular weight is 423 g/mol. The predicted molar refractivity (Wildman–Crippen MR) is 118 cm³/mol. The SMILES string of the molecule is COc1ccc(Nc2ncnc3c2sc2nc4c(cc23)COC(C)(C)C4)cc1OC. The number of anilines is 2. The molecule has 1 N–H and O–H groups in total. The van der Waals surface area contributed by atoms with E-state index >= 15 is 0 Å². The normalized spacial score (nSPS) is 15.2. The number of fused-ring (bicyclic) bond motifs is 4. The first-order valence-electron chi connectivity index (χ1n) is 9.66. The molecule has 1 aliphatic rings. The van der Waals surface area contributed by atoms with Crippen molar-refractivity contribution in [1.82, 2.24) is 15.0 Å². The van der Waals surface area contributed by atoms with E-state index in [-0.39, 0.29) is 5.60 Å². The quantitative estimate of drug-likeness (QED) is 0.503. The van der Waals surface area contributed by atoms with Crippen LogP contribution in [-0.2, 0) is 17.8 Å². The lowest BCUT2D eigenvalue weighted by atomic mass is 9.95. The lowest BCUT2D eigenvalue weighted by molar-refractivity contribution is -0.0411. The van der Waals surface area contributed by atoms with Crippen LogP contribution in [0.15, 0.2) is 30.6 Å². The van der Waals surface area contributed by atoms with Crippen molar-refractivity contribution in [2.75, 3.05) is 19.5 Å². The fourth-order valence-electron chi connectivity index (χ4n) is 3.73. The highest BCUT2D eigenvalue weighted by Crippen LogP contribution is 2.39. The Kier molecular flexibility index (Phi) is 4.48. The summed E-state index contributed by atoms with van der Waals surface area (Å²) >= 11 is 1.60. The van der Waals surface area contributed by atoms with Gasteiger partial charge in [0.05, 0.1) is 42.3 Å². The molecule has 5 rings (SSSR count). The van der Waals surface area contributed by atoms with Crippen molar-refractivity contribution in [1.29, 1.82) is 0 Å². The van der Waals surface area contributed by atoms with E-state index in [1.807, 2.05) is 18.2 Å². The molecule has 0 atom stereocenters. The van der Waals surface area contributed by atoms with E-state index in [4.69, 9.17) is 19.2 Å². The number of rotatable bonds is 4. The van der Waals surface area contributed by atoms with Crippen LogP contribution in [0.4, 0.5) is 11.5 Å². The number of nitrogens with zero attached hydrogens (tertiary/aromatic N) is 3. The molecule has 1 aromatic carbocycles. The van der Waals surface area contributed by atoms with E-state index in [2.05, 4.69) is 35.2 Å². The van der Waals surface area contributed by atoms with E-state index in [0.29, 0.717) is 18.1 Å². The van der Waals surface area contributed by atoms with Crippen LogP contribution >= 0.6 is 11.3 Å². The number of thiophene rings is 1. The molecule has 1 aliphatic heterocycles. The molecule has 30 heavy (non-hydrogen) atoms. The molecule has 4 heterocycles. The summed E-state index contributed by atoms with van der Waals surface area (Å²) in [4.78, 5) is 14.9. The molecule has 0 bridgehead atoms. The molecule has 3 aromatic heterocycles. The maximum Gasteiger partial charge on any atom is 0.162 e. The Bertz CT molecular complexity index is 1270. The number of benzene rings is 1. The molecule has 154 valence electrons. The van der Waals surface area contributed by atoms with Crippen molar-refractivity contribution < 1.29 is 14.2 Å². The molecular weight excluding hydrogens is 400 g/mol. The Morgan fingerprint density at radius 3 is 2.73 bits per heavy atom. The van der Waals surface area contributed by atoms with E-state index in [1.165, 1.54) is 0 Å². The number of hydrogen-bond acceptors (Lipinski definition) is 8. The topological polar surface area (TPSA) is 78.4 Å². The number of methoxy groups -OCH3 is 2. The molecule has 0 aliphatic carbocycles. The fraction of sp³-hybridized carbons (Fsp3) is 0.318. The van der Waals surface area contributed by atoms with Gasteiger partial charge in [0, 0.05) is 29.1 Å². The van der Waals surface area contributed by atoms with Gasteiger partial charge in [-0.1, -0.05) is 0 Å². The highest BCUT2D eigenvalue weighted by molar-refractivity contribution is 7.25. The highest BCUT2D eigenvalue weighted by Gasteiger charge is 2.28. The van der Waals surface area contributed by atoms with Crippen LogP contribution in [0.25, 0.3) is 20.4 Å². The second-order valence-electron chi connectivity index (χ2n) is 7.87. The first kappa shape index (κ1) is 19.0. The molecule has 7 nitrogen and oxygen atoms in total. The van der Waals surface area contributed by atoms with E-state index in [0.717, 1.165) is 49.6 Å². The lowest BCUT2D eigenvalue weighted by Gasteiger charge is -2.30. The van der Waals surface area contributed by atoms with Gasteiger partial charge in [0.15, 0.2) is 17.3 Å².